The topological polar surface area (TPSA) is 88.8 Å². The van der Waals surface area contributed by atoms with Gasteiger partial charge in [0, 0.05) is 13.2 Å². The van der Waals surface area contributed by atoms with Crippen LogP contribution in [0.5, 0.6) is 0 Å². The molecule has 0 aliphatic rings. The second-order valence-corrected chi connectivity index (χ2v) is 4.45. The van der Waals surface area contributed by atoms with Gasteiger partial charge in [0.15, 0.2) is 10.2 Å². The van der Waals surface area contributed by atoms with E-state index >= 15 is 0 Å². The number of nitrogens with one attached hydrogen (secondary N) is 1. The van der Waals surface area contributed by atoms with E-state index in [1.54, 1.807) is 0 Å². The van der Waals surface area contributed by atoms with Crippen molar-refractivity contribution in [1.29, 1.82) is 0 Å². The maximum Gasteiger partial charge on any atom is 0.331 e. The highest BCUT2D eigenvalue weighted by Gasteiger charge is 2.35. The Labute approximate surface area is 106 Å². The number of rotatable bonds is 5. The third kappa shape index (κ3) is 3.31. The zero-order valence-electron chi connectivity index (χ0n) is 9.32. The summed E-state index contributed by atoms with van der Waals surface area (Å²) in [4.78, 5) is 22.8. The fourth-order valence-corrected chi connectivity index (χ4v) is 1.53. The van der Waals surface area contributed by atoms with Crippen LogP contribution in [0, 0.1) is 0 Å². The summed E-state index contributed by atoms with van der Waals surface area (Å²) in [5.74, 6) is -1.71. The van der Waals surface area contributed by atoms with Gasteiger partial charge in [-0.1, -0.05) is 0 Å². The summed E-state index contributed by atoms with van der Waals surface area (Å²) in [5.41, 5.74) is -1.24. The van der Waals surface area contributed by atoms with E-state index in [0.29, 0.717) is 4.67 Å². The first-order valence-corrected chi connectivity index (χ1v) is 5.47. The smallest absolute Gasteiger partial charge is 0.331 e. The Hall–Kier alpha value is -1.34. The number of carbonyl (C=O) groups excluding carboxylic acids is 1. The SMILES string of the molecule is COCC(C)(NC(=O)c1coc(Br)c1)C(=O)O. The van der Waals surface area contributed by atoms with Gasteiger partial charge in [-0.25, -0.2) is 4.79 Å². The summed E-state index contributed by atoms with van der Waals surface area (Å²) in [6.45, 7) is 1.24. The molecule has 0 aliphatic heterocycles. The minimum Gasteiger partial charge on any atom is -0.479 e. The molecule has 0 aliphatic carbocycles. The van der Waals surface area contributed by atoms with Gasteiger partial charge in [0.25, 0.3) is 5.91 Å². The van der Waals surface area contributed by atoms with E-state index in [2.05, 4.69) is 21.2 Å². The maximum absolute atomic E-state index is 11.7. The van der Waals surface area contributed by atoms with Crippen molar-refractivity contribution >= 4 is 27.8 Å². The number of hydrogen-bond acceptors (Lipinski definition) is 4. The fourth-order valence-electron chi connectivity index (χ4n) is 1.19. The molecule has 1 amide bonds. The quantitative estimate of drug-likeness (QED) is 0.855. The minimum absolute atomic E-state index is 0.132. The van der Waals surface area contributed by atoms with Crippen molar-refractivity contribution in [1.82, 2.24) is 5.32 Å². The molecule has 0 saturated carbocycles. The normalized spacial score (nSPS) is 14.1. The number of furan rings is 1. The van der Waals surface area contributed by atoms with Crippen LogP contribution in [0.1, 0.15) is 17.3 Å². The standard InChI is InChI=1S/C10H12BrNO5/c1-10(5-16-2,9(14)15)12-8(13)6-3-7(11)17-4-6/h3-4H,5H2,1-2H3,(H,12,13)(H,14,15). The Bertz CT molecular complexity index is 430. The van der Waals surface area contributed by atoms with Crippen molar-refractivity contribution in [3.05, 3.63) is 22.6 Å². The van der Waals surface area contributed by atoms with Gasteiger partial charge in [-0.2, -0.15) is 0 Å². The summed E-state index contributed by atoms with van der Waals surface area (Å²) in [5, 5.41) is 11.4. The van der Waals surface area contributed by atoms with E-state index in [9.17, 15) is 9.59 Å². The second kappa shape index (κ2) is 5.33. The van der Waals surface area contributed by atoms with Gasteiger partial charge in [-0.15, -0.1) is 0 Å². The van der Waals surface area contributed by atoms with Crippen LogP contribution in [0.4, 0.5) is 0 Å². The van der Waals surface area contributed by atoms with E-state index in [1.807, 2.05) is 0 Å². The van der Waals surface area contributed by atoms with E-state index in [4.69, 9.17) is 14.3 Å². The molecule has 1 aromatic heterocycles. The Morgan fingerprint density at radius 1 is 1.65 bits per heavy atom. The third-order valence-electron chi connectivity index (χ3n) is 2.12. The average molecular weight is 306 g/mol. The Morgan fingerprint density at radius 2 is 2.29 bits per heavy atom. The minimum atomic E-state index is -1.48. The number of carbonyl (C=O) groups is 2. The molecular formula is C10H12BrNO5. The second-order valence-electron chi connectivity index (χ2n) is 3.66. The Kier molecular flexibility index (Phi) is 4.30. The molecule has 6 nitrogen and oxygen atoms in total. The molecule has 17 heavy (non-hydrogen) atoms. The van der Waals surface area contributed by atoms with Gasteiger partial charge >= 0.3 is 5.97 Å². The molecular weight excluding hydrogens is 294 g/mol. The molecule has 94 valence electrons. The average Bonchev–Trinajstić information content (AvgIpc) is 2.65. The van der Waals surface area contributed by atoms with Gasteiger partial charge in [0.05, 0.1) is 12.2 Å². The molecule has 7 heteroatoms. The zero-order valence-corrected chi connectivity index (χ0v) is 10.9. The van der Waals surface area contributed by atoms with Crippen LogP contribution in [-0.4, -0.2) is 36.2 Å². The first-order valence-electron chi connectivity index (χ1n) is 4.68. The summed E-state index contributed by atoms with van der Waals surface area (Å²) in [6, 6.07) is 1.45. The molecule has 0 fully saturated rings. The van der Waals surface area contributed by atoms with Crippen molar-refractivity contribution in [3.8, 4) is 0 Å². The van der Waals surface area contributed by atoms with Gasteiger partial charge in [-0.3, -0.25) is 4.79 Å². The highest BCUT2D eigenvalue weighted by Crippen LogP contribution is 2.15. The van der Waals surface area contributed by atoms with Gasteiger partial charge in [-0.05, 0) is 22.9 Å². The Morgan fingerprint density at radius 3 is 2.71 bits per heavy atom. The highest BCUT2D eigenvalue weighted by molar-refractivity contribution is 9.10. The molecule has 0 radical (unpaired) electrons. The predicted octanol–water partition coefficient (Wildman–Crippen LogP) is 1.26. The van der Waals surface area contributed by atoms with Crippen LogP contribution < -0.4 is 5.32 Å². The molecule has 1 aromatic rings. The van der Waals surface area contributed by atoms with Crippen molar-refractivity contribution in [2.45, 2.75) is 12.5 Å². The monoisotopic (exact) mass is 305 g/mol. The lowest BCUT2D eigenvalue weighted by Crippen LogP contribution is -2.55. The highest BCUT2D eigenvalue weighted by atomic mass is 79.9. The van der Waals surface area contributed by atoms with E-state index < -0.39 is 17.4 Å². The summed E-state index contributed by atoms with van der Waals surface area (Å²) in [6.07, 6.45) is 1.23. The van der Waals surface area contributed by atoms with Crippen LogP contribution in [0.15, 0.2) is 21.4 Å². The van der Waals surface area contributed by atoms with E-state index in [0.717, 1.165) is 0 Å². The first kappa shape index (κ1) is 13.7. The van der Waals surface area contributed by atoms with Crippen molar-refractivity contribution in [3.63, 3.8) is 0 Å². The summed E-state index contributed by atoms with van der Waals surface area (Å²) in [7, 11) is 1.36. The van der Waals surface area contributed by atoms with Crippen molar-refractivity contribution < 1.29 is 23.8 Å². The Balaban J connectivity index is 2.81. The van der Waals surface area contributed by atoms with Crippen molar-refractivity contribution in [2.75, 3.05) is 13.7 Å². The fraction of sp³-hybridized carbons (Fsp3) is 0.400. The number of methoxy groups -OCH3 is 1. The van der Waals surface area contributed by atoms with E-state index in [1.165, 1.54) is 26.4 Å². The molecule has 0 saturated heterocycles. The molecule has 1 atom stereocenters. The van der Waals surface area contributed by atoms with Gasteiger partial charge < -0.3 is 19.6 Å². The van der Waals surface area contributed by atoms with Crippen LogP contribution in [-0.2, 0) is 9.53 Å². The van der Waals surface area contributed by atoms with Crippen LogP contribution >= 0.6 is 15.9 Å². The molecule has 0 bridgehead atoms. The number of halogens is 1. The molecule has 2 N–H and O–H groups in total. The van der Waals surface area contributed by atoms with E-state index in [-0.39, 0.29) is 12.2 Å². The third-order valence-corrected chi connectivity index (χ3v) is 2.54. The lowest BCUT2D eigenvalue weighted by Gasteiger charge is -2.24. The molecule has 1 unspecified atom stereocenters. The molecule has 0 spiro atoms. The van der Waals surface area contributed by atoms with Gasteiger partial charge in [0.1, 0.15) is 6.26 Å². The summed E-state index contributed by atoms with van der Waals surface area (Å²) < 4.78 is 10.1. The number of amides is 1. The number of ether oxygens (including phenoxy) is 1. The predicted molar refractivity (Wildman–Crippen MR) is 61.8 cm³/mol. The number of aliphatic carboxylic acids is 1. The number of hydrogen-bond donors (Lipinski definition) is 2. The van der Waals surface area contributed by atoms with Crippen LogP contribution in [0.3, 0.4) is 0 Å². The number of carboxylic acids is 1. The largest absolute Gasteiger partial charge is 0.479 e. The maximum atomic E-state index is 11.7. The summed E-state index contributed by atoms with van der Waals surface area (Å²) >= 11 is 3.05. The number of carboxylic acid groups (broad SMARTS) is 1. The first-order chi connectivity index (χ1) is 7.89. The molecule has 1 heterocycles. The lowest BCUT2D eigenvalue weighted by atomic mass is 10.0. The van der Waals surface area contributed by atoms with Crippen molar-refractivity contribution in [2.24, 2.45) is 0 Å². The molecule has 0 aromatic carbocycles. The van der Waals surface area contributed by atoms with Crippen LogP contribution in [0.2, 0.25) is 0 Å². The zero-order chi connectivity index (χ0) is 13.1. The van der Waals surface area contributed by atoms with Crippen LogP contribution in [0.25, 0.3) is 0 Å². The van der Waals surface area contributed by atoms with Gasteiger partial charge in [0.2, 0.25) is 0 Å². The lowest BCUT2D eigenvalue weighted by molar-refractivity contribution is -0.145. The molecule has 1 rings (SSSR count).